The van der Waals surface area contributed by atoms with Gasteiger partial charge < -0.3 is 19.8 Å². The Labute approximate surface area is 180 Å². The Hall–Kier alpha value is -1.26. The first-order chi connectivity index (χ1) is 13.5. The minimum absolute atomic E-state index is 0.0877. The third kappa shape index (κ3) is 3.04. The van der Waals surface area contributed by atoms with Crippen LogP contribution in [0.25, 0.3) is 0 Å². The van der Waals surface area contributed by atoms with Gasteiger partial charge in [0.1, 0.15) is 8.64 Å². The van der Waals surface area contributed by atoms with Crippen molar-refractivity contribution in [2.75, 3.05) is 24.5 Å². The van der Waals surface area contributed by atoms with E-state index in [0.29, 0.717) is 17.4 Å². The molecule has 0 radical (unpaired) electrons. The molecule has 2 unspecified atom stereocenters. The van der Waals surface area contributed by atoms with Crippen molar-refractivity contribution in [3.8, 4) is 0 Å². The number of anilines is 1. The smallest absolute Gasteiger partial charge is 0.140 e. The van der Waals surface area contributed by atoms with Gasteiger partial charge in [-0.15, -0.1) is 6.54 Å². The van der Waals surface area contributed by atoms with E-state index in [2.05, 4.69) is 24.0 Å². The Morgan fingerprint density at radius 2 is 1.86 bits per heavy atom. The zero-order valence-corrected chi connectivity index (χ0v) is 19.1. The summed E-state index contributed by atoms with van der Waals surface area (Å²) in [5.41, 5.74) is 1.15. The third-order valence-corrected chi connectivity index (χ3v) is 10.7. The Morgan fingerprint density at radius 3 is 2.50 bits per heavy atom. The van der Waals surface area contributed by atoms with Crippen molar-refractivity contribution < 1.29 is 9.32 Å². The molecule has 1 aromatic rings. The average Bonchev–Trinajstić information content (AvgIpc) is 3.31. The molecular weight excluding hydrogens is 430 g/mol. The minimum atomic E-state index is -1.35. The fraction of sp³-hybridized carbons (Fsp3) is 0.316. The van der Waals surface area contributed by atoms with Gasteiger partial charge >= 0.3 is 0 Å². The highest BCUT2D eigenvalue weighted by Crippen LogP contribution is 2.49. The molecule has 150 valence electrons. The van der Waals surface area contributed by atoms with E-state index in [-0.39, 0.29) is 5.88 Å². The average molecular weight is 452 g/mol. The van der Waals surface area contributed by atoms with E-state index in [0.717, 1.165) is 26.5 Å². The number of hydrogen-bond donors (Lipinski definition) is 0. The van der Waals surface area contributed by atoms with E-state index in [1.165, 1.54) is 4.90 Å². The van der Waals surface area contributed by atoms with Gasteiger partial charge in [0.05, 0.1) is 10.8 Å². The summed E-state index contributed by atoms with van der Waals surface area (Å²) < 4.78 is 14.9. The van der Waals surface area contributed by atoms with E-state index in [1.807, 2.05) is 37.4 Å². The molecule has 0 spiro atoms. The molecule has 1 saturated heterocycles. The highest BCUT2D eigenvalue weighted by molar-refractivity contribution is 8.44. The molecule has 9 heteroatoms. The van der Waals surface area contributed by atoms with E-state index < -0.39 is 21.3 Å². The van der Waals surface area contributed by atoms with Crippen LogP contribution in [0, 0.1) is 6.54 Å². The lowest BCUT2D eigenvalue weighted by molar-refractivity contribution is -0.324. The quantitative estimate of drug-likeness (QED) is 0.517. The Bertz CT molecular complexity index is 970. The highest BCUT2D eigenvalue weighted by Gasteiger charge is 2.33. The number of para-hydroxylation sites is 1. The molecule has 4 rings (SSSR count). The second kappa shape index (κ2) is 7.87. The molecule has 0 bridgehead atoms. The SMILES string of the molecule is CCN1[CH-]C(=C2Sc3ccccc3N2CC)S(=O)C1=S1C=C([O-])N(CC)C1=S. The van der Waals surface area contributed by atoms with Crippen LogP contribution in [-0.2, 0) is 10.8 Å². The monoisotopic (exact) mass is 451 g/mol. The number of thiocarbonyl (C=S) groups is 1. The molecule has 1 fully saturated rings. The first-order valence-corrected chi connectivity index (χ1v) is 12.8. The normalized spacial score (nSPS) is 28.8. The molecule has 0 aliphatic carbocycles. The van der Waals surface area contributed by atoms with Crippen LogP contribution >= 0.6 is 34.5 Å². The van der Waals surface area contributed by atoms with Crippen LogP contribution in [0.5, 0.6) is 0 Å². The topological polar surface area (TPSA) is 49.9 Å². The van der Waals surface area contributed by atoms with Gasteiger partial charge in [0.2, 0.25) is 0 Å². The molecule has 0 saturated carbocycles. The summed E-state index contributed by atoms with van der Waals surface area (Å²) in [7, 11) is -2.07. The second-order valence-electron chi connectivity index (χ2n) is 6.24. The summed E-state index contributed by atoms with van der Waals surface area (Å²) in [5, 5.41) is 14.9. The number of rotatable bonds is 3. The molecule has 1 aromatic carbocycles. The van der Waals surface area contributed by atoms with Gasteiger partial charge in [0, 0.05) is 23.7 Å². The van der Waals surface area contributed by atoms with Crippen LogP contribution in [-0.4, -0.2) is 42.3 Å². The van der Waals surface area contributed by atoms with Crippen LogP contribution in [0.3, 0.4) is 0 Å². The van der Waals surface area contributed by atoms with Crippen LogP contribution < -0.4 is 10.0 Å². The van der Waals surface area contributed by atoms with E-state index in [4.69, 9.17) is 12.2 Å². The highest BCUT2D eigenvalue weighted by atomic mass is 32.2. The zero-order chi connectivity index (χ0) is 20.0. The molecule has 0 aromatic heterocycles. The number of fused-ring (bicyclic) bond motifs is 1. The van der Waals surface area contributed by atoms with Crippen LogP contribution in [0.15, 0.2) is 50.4 Å². The summed E-state index contributed by atoms with van der Waals surface area (Å²) in [5.74, 6) is -0.0877. The predicted octanol–water partition coefficient (Wildman–Crippen LogP) is 3.17. The maximum absolute atomic E-state index is 13.6. The zero-order valence-electron chi connectivity index (χ0n) is 15.9. The van der Waals surface area contributed by atoms with E-state index in [9.17, 15) is 9.32 Å². The maximum atomic E-state index is 13.6. The summed E-state index contributed by atoms with van der Waals surface area (Å²) in [4.78, 5) is 7.79. The lowest BCUT2D eigenvalue weighted by atomic mass is 10.3. The van der Waals surface area contributed by atoms with Crippen LogP contribution in [0.4, 0.5) is 5.69 Å². The predicted molar refractivity (Wildman–Crippen MR) is 123 cm³/mol. The van der Waals surface area contributed by atoms with Crippen molar-refractivity contribution in [1.82, 2.24) is 9.80 Å². The summed E-state index contributed by atoms with van der Waals surface area (Å²) in [6, 6.07) is 8.24. The fourth-order valence-electron chi connectivity index (χ4n) is 3.37. The lowest BCUT2D eigenvalue weighted by Crippen LogP contribution is -2.30. The first kappa shape index (κ1) is 20.0. The van der Waals surface area contributed by atoms with Crippen molar-refractivity contribution >= 4 is 59.6 Å². The molecule has 3 heterocycles. The Morgan fingerprint density at radius 1 is 1.14 bits per heavy atom. The Balaban J connectivity index is 1.81. The van der Waals surface area contributed by atoms with Crippen molar-refractivity contribution in [3.63, 3.8) is 0 Å². The molecule has 28 heavy (non-hydrogen) atoms. The van der Waals surface area contributed by atoms with Crippen molar-refractivity contribution in [1.29, 1.82) is 0 Å². The van der Waals surface area contributed by atoms with Crippen LogP contribution in [0.2, 0.25) is 0 Å². The number of nitrogens with zero attached hydrogens (tertiary/aromatic N) is 3. The number of hydrogen-bond acceptors (Lipinski definition) is 5. The van der Waals surface area contributed by atoms with Gasteiger partial charge in [-0.25, -0.2) is 0 Å². The molecule has 2 atom stereocenters. The number of likely N-dealkylation sites (N-methyl/N-ethyl adjacent to an activating group) is 1. The molecular formula is C19H21N3O2S4-2. The summed E-state index contributed by atoms with van der Waals surface area (Å²) >= 11 is 7.22. The fourth-order valence-corrected chi connectivity index (χ4v) is 9.56. The van der Waals surface area contributed by atoms with E-state index in [1.54, 1.807) is 22.1 Å². The van der Waals surface area contributed by atoms with Crippen molar-refractivity contribution in [2.24, 2.45) is 0 Å². The minimum Gasteiger partial charge on any atom is -0.860 e. The first-order valence-electron chi connectivity index (χ1n) is 9.14. The molecule has 0 N–H and O–H groups in total. The van der Waals surface area contributed by atoms with Gasteiger partial charge in [-0.05, 0) is 43.8 Å². The van der Waals surface area contributed by atoms with Gasteiger partial charge in [-0.2, -0.15) is 11.8 Å². The van der Waals surface area contributed by atoms with Gasteiger partial charge in [-0.1, -0.05) is 51.7 Å². The lowest BCUT2D eigenvalue weighted by Gasteiger charge is -2.27. The van der Waals surface area contributed by atoms with Gasteiger partial charge in [0.25, 0.3) is 0 Å². The van der Waals surface area contributed by atoms with Gasteiger partial charge in [-0.3, -0.25) is 4.21 Å². The third-order valence-electron chi connectivity index (χ3n) is 4.74. The van der Waals surface area contributed by atoms with Crippen LogP contribution in [0.1, 0.15) is 20.8 Å². The summed E-state index contributed by atoms with van der Waals surface area (Å²) in [6.07, 6.45) is 0. The largest absolute Gasteiger partial charge is 0.860 e. The molecule has 3 aliphatic rings. The number of thioether (sulfide) groups is 1. The molecule has 3 aliphatic heterocycles. The standard InChI is InChI=1S/C19H22N3O2S4/c1-4-20-11-15(17-21(5-2)13-9-7-8-10-14(13)26-17)28(24)19(20)27-12-16(23)22(6-3)18(27)25/h7-12,23H,4-6H2,1-3H3/q-1/p-1. The van der Waals surface area contributed by atoms with E-state index >= 15 is 0 Å². The molecule has 5 nitrogen and oxygen atoms in total. The van der Waals surface area contributed by atoms with Crippen molar-refractivity contribution in [2.45, 2.75) is 25.7 Å². The number of benzene rings is 1. The summed E-state index contributed by atoms with van der Waals surface area (Å²) in [6.45, 7) is 10.0. The van der Waals surface area contributed by atoms with Gasteiger partial charge in [0.15, 0.2) is 0 Å². The molecule has 0 amide bonds. The maximum Gasteiger partial charge on any atom is 0.140 e. The van der Waals surface area contributed by atoms with Crippen molar-refractivity contribution in [3.05, 3.63) is 52.0 Å². The Kier molecular flexibility index (Phi) is 5.63. The second-order valence-corrected chi connectivity index (χ2v) is 11.2.